The largest absolute Gasteiger partial charge is 0.465 e. The Hall–Kier alpha value is -1.29. The molecule has 3 nitrogen and oxygen atoms in total. The average molecular weight is 308 g/mol. The molecular formula is C14H14BrNO2. The predicted molar refractivity (Wildman–Crippen MR) is 73.7 cm³/mol. The van der Waals surface area contributed by atoms with Gasteiger partial charge in [0, 0.05) is 28.1 Å². The molecule has 3 rings (SSSR count). The first-order chi connectivity index (χ1) is 8.69. The van der Waals surface area contributed by atoms with Crippen LogP contribution in [0.5, 0.6) is 0 Å². The van der Waals surface area contributed by atoms with E-state index in [1.807, 2.05) is 18.2 Å². The van der Waals surface area contributed by atoms with Crippen LogP contribution in [0.15, 0.2) is 28.9 Å². The van der Waals surface area contributed by atoms with Gasteiger partial charge in [-0.2, -0.15) is 0 Å². The van der Waals surface area contributed by atoms with E-state index in [0.29, 0.717) is 5.56 Å². The number of benzene rings is 1. The summed E-state index contributed by atoms with van der Waals surface area (Å²) in [6.45, 7) is 1.07. The molecule has 2 aromatic rings. The number of ether oxygens (including phenoxy) is 1. The monoisotopic (exact) mass is 307 g/mol. The van der Waals surface area contributed by atoms with Crippen molar-refractivity contribution in [1.29, 1.82) is 0 Å². The summed E-state index contributed by atoms with van der Waals surface area (Å²) in [5.74, 6) is 0.534. The van der Waals surface area contributed by atoms with Crippen molar-refractivity contribution in [2.75, 3.05) is 7.11 Å². The third-order valence-electron chi connectivity index (χ3n) is 3.41. The summed E-state index contributed by atoms with van der Waals surface area (Å²) >= 11 is 3.56. The molecule has 1 aliphatic carbocycles. The molecule has 1 saturated carbocycles. The number of carbonyl (C=O) groups is 1. The second kappa shape index (κ2) is 4.43. The summed E-state index contributed by atoms with van der Waals surface area (Å²) in [5, 5.41) is 1.07. The van der Waals surface area contributed by atoms with E-state index in [2.05, 4.69) is 26.7 Å². The summed E-state index contributed by atoms with van der Waals surface area (Å²) in [5.41, 5.74) is 1.76. The summed E-state index contributed by atoms with van der Waals surface area (Å²) in [7, 11) is 1.40. The van der Waals surface area contributed by atoms with Gasteiger partial charge in [0.25, 0.3) is 0 Å². The molecule has 0 atom stereocenters. The van der Waals surface area contributed by atoms with Crippen LogP contribution in [0.3, 0.4) is 0 Å². The summed E-state index contributed by atoms with van der Waals surface area (Å²) in [4.78, 5) is 11.5. The molecule has 94 valence electrons. The zero-order chi connectivity index (χ0) is 12.7. The number of fused-ring (bicyclic) bond motifs is 1. The average Bonchev–Trinajstić information content (AvgIpc) is 3.14. The molecule has 1 aromatic heterocycles. The van der Waals surface area contributed by atoms with Crippen molar-refractivity contribution in [3.05, 3.63) is 34.4 Å². The van der Waals surface area contributed by atoms with Crippen LogP contribution >= 0.6 is 15.9 Å². The van der Waals surface area contributed by atoms with Gasteiger partial charge in [0.15, 0.2) is 0 Å². The third-order valence-corrected chi connectivity index (χ3v) is 4.04. The molecular weight excluding hydrogens is 294 g/mol. The third kappa shape index (κ3) is 2.05. The van der Waals surface area contributed by atoms with E-state index >= 15 is 0 Å². The molecule has 0 unspecified atom stereocenters. The standard InChI is InChI=1S/C14H14BrNO2/c1-18-14(17)10-4-5-13-11(6-10)12(15)8-16(13)7-9-2-3-9/h4-6,8-9H,2-3,7H2,1H3. The highest BCUT2D eigenvalue weighted by Crippen LogP contribution is 2.34. The summed E-state index contributed by atoms with van der Waals surface area (Å²) in [6.07, 6.45) is 4.76. The van der Waals surface area contributed by atoms with Gasteiger partial charge in [0.1, 0.15) is 0 Å². The Kier molecular flexibility index (Phi) is 2.90. The molecule has 0 amide bonds. The van der Waals surface area contributed by atoms with Gasteiger partial charge in [-0.1, -0.05) is 0 Å². The lowest BCUT2D eigenvalue weighted by Crippen LogP contribution is -2.01. The number of hydrogen-bond acceptors (Lipinski definition) is 2. The number of rotatable bonds is 3. The minimum atomic E-state index is -0.293. The van der Waals surface area contributed by atoms with E-state index in [-0.39, 0.29) is 5.97 Å². The lowest BCUT2D eigenvalue weighted by Gasteiger charge is -2.04. The molecule has 0 N–H and O–H groups in total. The van der Waals surface area contributed by atoms with Gasteiger partial charge < -0.3 is 9.30 Å². The molecule has 0 spiro atoms. The highest BCUT2D eigenvalue weighted by atomic mass is 79.9. The van der Waals surface area contributed by atoms with Crippen LogP contribution in [-0.4, -0.2) is 17.6 Å². The summed E-state index contributed by atoms with van der Waals surface area (Å²) in [6, 6.07) is 5.70. The van der Waals surface area contributed by atoms with Crippen LogP contribution in [0.1, 0.15) is 23.2 Å². The predicted octanol–water partition coefficient (Wildman–Crippen LogP) is 3.60. The molecule has 1 heterocycles. The minimum absolute atomic E-state index is 0.293. The first-order valence-corrected chi connectivity index (χ1v) is 6.85. The van der Waals surface area contributed by atoms with Crippen LogP contribution in [0.25, 0.3) is 10.9 Å². The van der Waals surface area contributed by atoms with Crippen molar-refractivity contribution < 1.29 is 9.53 Å². The van der Waals surface area contributed by atoms with E-state index in [0.717, 1.165) is 22.3 Å². The SMILES string of the molecule is COC(=O)c1ccc2c(c1)c(Br)cn2CC1CC1. The van der Waals surface area contributed by atoms with Gasteiger partial charge in [-0.15, -0.1) is 0 Å². The molecule has 1 aromatic carbocycles. The van der Waals surface area contributed by atoms with Crippen molar-refractivity contribution in [1.82, 2.24) is 4.57 Å². The normalized spacial score (nSPS) is 15.0. The maximum atomic E-state index is 11.5. The van der Waals surface area contributed by atoms with Gasteiger partial charge >= 0.3 is 5.97 Å². The Labute approximate surface area is 114 Å². The van der Waals surface area contributed by atoms with Crippen LogP contribution in [0.4, 0.5) is 0 Å². The van der Waals surface area contributed by atoms with Crippen LogP contribution in [0.2, 0.25) is 0 Å². The maximum absolute atomic E-state index is 11.5. The zero-order valence-corrected chi connectivity index (χ0v) is 11.7. The lowest BCUT2D eigenvalue weighted by molar-refractivity contribution is 0.0601. The molecule has 1 aliphatic rings. The second-order valence-corrected chi connectivity index (χ2v) is 5.65. The molecule has 0 bridgehead atoms. The van der Waals surface area contributed by atoms with E-state index < -0.39 is 0 Å². The van der Waals surface area contributed by atoms with Crippen molar-refractivity contribution in [3.8, 4) is 0 Å². The molecule has 18 heavy (non-hydrogen) atoms. The Balaban J connectivity index is 2.05. The van der Waals surface area contributed by atoms with E-state index in [4.69, 9.17) is 4.74 Å². The second-order valence-electron chi connectivity index (χ2n) is 4.80. The number of carbonyl (C=O) groups excluding carboxylic acids is 1. The Bertz CT molecular complexity index is 614. The number of halogens is 1. The summed E-state index contributed by atoms with van der Waals surface area (Å²) < 4.78 is 8.04. The van der Waals surface area contributed by atoms with E-state index in [1.165, 1.54) is 25.5 Å². The van der Waals surface area contributed by atoms with Crippen molar-refractivity contribution in [2.24, 2.45) is 5.92 Å². The fourth-order valence-corrected chi connectivity index (χ4v) is 2.79. The Morgan fingerprint density at radius 3 is 2.94 bits per heavy atom. The minimum Gasteiger partial charge on any atom is -0.465 e. The maximum Gasteiger partial charge on any atom is 0.337 e. The van der Waals surface area contributed by atoms with E-state index in [9.17, 15) is 4.79 Å². The van der Waals surface area contributed by atoms with Gasteiger partial charge in [-0.25, -0.2) is 4.79 Å². The molecule has 1 fully saturated rings. The Morgan fingerprint density at radius 1 is 1.50 bits per heavy atom. The zero-order valence-electron chi connectivity index (χ0n) is 10.1. The molecule has 0 saturated heterocycles. The number of hydrogen-bond donors (Lipinski definition) is 0. The van der Waals surface area contributed by atoms with Crippen molar-refractivity contribution in [2.45, 2.75) is 19.4 Å². The number of methoxy groups -OCH3 is 1. The van der Waals surface area contributed by atoms with Gasteiger partial charge in [-0.05, 0) is 52.9 Å². The van der Waals surface area contributed by atoms with Crippen molar-refractivity contribution >= 4 is 32.8 Å². The smallest absolute Gasteiger partial charge is 0.337 e. The van der Waals surface area contributed by atoms with Gasteiger partial charge in [0.05, 0.1) is 12.7 Å². The van der Waals surface area contributed by atoms with Crippen LogP contribution in [-0.2, 0) is 11.3 Å². The first kappa shape index (κ1) is 11.8. The van der Waals surface area contributed by atoms with E-state index in [1.54, 1.807) is 0 Å². The highest BCUT2D eigenvalue weighted by Gasteiger charge is 2.22. The van der Waals surface area contributed by atoms with Crippen LogP contribution in [0, 0.1) is 5.92 Å². The number of nitrogens with zero attached hydrogens (tertiary/aromatic N) is 1. The van der Waals surface area contributed by atoms with Crippen molar-refractivity contribution in [3.63, 3.8) is 0 Å². The highest BCUT2D eigenvalue weighted by molar-refractivity contribution is 9.10. The number of esters is 1. The lowest BCUT2D eigenvalue weighted by atomic mass is 10.1. The molecule has 0 aliphatic heterocycles. The van der Waals surface area contributed by atoms with Gasteiger partial charge in [-0.3, -0.25) is 0 Å². The van der Waals surface area contributed by atoms with Gasteiger partial charge in [0.2, 0.25) is 0 Å². The first-order valence-electron chi connectivity index (χ1n) is 6.05. The fraction of sp³-hybridized carbons (Fsp3) is 0.357. The van der Waals surface area contributed by atoms with Crippen LogP contribution < -0.4 is 0 Å². The molecule has 0 radical (unpaired) electrons. The fourth-order valence-electron chi connectivity index (χ4n) is 2.23. The topological polar surface area (TPSA) is 31.2 Å². The quantitative estimate of drug-likeness (QED) is 0.811. The number of aromatic nitrogens is 1. The molecule has 4 heteroatoms. The Morgan fingerprint density at radius 2 is 2.28 bits per heavy atom.